The summed E-state index contributed by atoms with van der Waals surface area (Å²) in [5.74, 6) is 2.09. The van der Waals surface area contributed by atoms with Crippen LogP contribution in [0.4, 0.5) is 5.69 Å². The Bertz CT molecular complexity index is 737. The van der Waals surface area contributed by atoms with Crippen LogP contribution in [0.25, 0.3) is 11.4 Å². The lowest BCUT2D eigenvalue weighted by Gasteiger charge is -2.07. The van der Waals surface area contributed by atoms with Crippen molar-refractivity contribution in [1.82, 2.24) is 14.8 Å². The number of anilines is 1. The molecule has 5 heteroatoms. The quantitative estimate of drug-likeness (QED) is 0.746. The summed E-state index contributed by atoms with van der Waals surface area (Å²) in [4.78, 5) is 4.51. The van der Waals surface area contributed by atoms with Crippen LogP contribution >= 0.6 is 0 Å². The predicted octanol–water partition coefficient (Wildman–Crippen LogP) is 2.64. The van der Waals surface area contributed by atoms with E-state index in [9.17, 15) is 0 Å². The fraction of sp³-hybridized carbons (Fsp3) is 0.125. The lowest BCUT2D eigenvalue weighted by atomic mass is 10.2. The molecule has 106 valence electrons. The highest BCUT2D eigenvalue weighted by Crippen LogP contribution is 2.21. The average Bonchev–Trinajstić information content (AvgIpc) is 2.89. The SMILES string of the molecule is Cn1nc(-c2ccccc2)nc1COc1ccccc1N. The molecule has 2 aromatic carbocycles. The van der Waals surface area contributed by atoms with Crippen molar-refractivity contribution < 1.29 is 4.74 Å². The van der Waals surface area contributed by atoms with E-state index in [1.165, 1.54) is 0 Å². The second-order valence-corrected chi connectivity index (χ2v) is 4.67. The molecular formula is C16H16N4O. The fourth-order valence-electron chi connectivity index (χ4n) is 2.01. The Labute approximate surface area is 123 Å². The Morgan fingerprint density at radius 1 is 1.05 bits per heavy atom. The number of aromatic nitrogens is 3. The van der Waals surface area contributed by atoms with Gasteiger partial charge in [-0.05, 0) is 12.1 Å². The molecule has 0 aliphatic heterocycles. The number of hydrogen-bond acceptors (Lipinski definition) is 4. The van der Waals surface area contributed by atoms with E-state index in [-0.39, 0.29) is 0 Å². The van der Waals surface area contributed by atoms with Gasteiger partial charge >= 0.3 is 0 Å². The van der Waals surface area contributed by atoms with Crippen LogP contribution in [0.2, 0.25) is 0 Å². The van der Waals surface area contributed by atoms with E-state index >= 15 is 0 Å². The van der Waals surface area contributed by atoms with Crippen molar-refractivity contribution in [1.29, 1.82) is 0 Å². The Kier molecular flexibility index (Phi) is 3.55. The van der Waals surface area contributed by atoms with Crippen molar-refractivity contribution in [2.24, 2.45) is 7.05 Å². The zero-order chi connectivity index (χ0) is 14.7. The minimum Gasteiger partial charge on any atom is -0.483 e. The molecule has 1 heterocycles. The molecule has 1 aromatic heterocycles. The van der Waals surface area contributed by atoms with Gasteiger partial charge in [0.2, 0.25) is 0 Å². The number of nitrogens with two attached hydrogens (primary N) is 1. The number of hydrogen-bond donors (Lipinski definition) is 1. The van der Waals surface area contributed by atoms with E-state index in [1.54, 1.807) is 10.7 Å². The van der Waals surface area contributed by atoms with Gasteiger partial charge in [0, 0.05) is 12.6 Å². The Morgan fingerprint density at radius 2 is 1.76 bits per heavy atom. The van der Waals surface area contributed by atoms with Gasteiger partial charge in [0.1, 0.15) is 12.4 Å². The van der Waals surface area contributed by atoms with E-state index in [0.717, 1.165) is 11.4 Å². The van der Waals surface area contributed by atoms with Gasteiger partial charge in [-0.15, -0.1) is 0 Å². The fourth-order valence-corrected chi connectivity index (χ4v) is 2.01. The van der Waals surface area contributed by atoms with Crippen molar-refractivity contribution >= 4 is 5.69 Å². The van der Waals surface area contributed by atoms with Gasteiger partial charge in [0.15, 0.2) is 11.6 Å². The average molecular weight is 280 g/mol. The van der Waals surface area contributed by atoms with E-state index in [1.807, 2.05) is 55.6 Å². The van der Waals surface area contributed by atoms with Crippen molar-refractivity contribution in [3.63, 3.8) is 0 Å². The molecule has 0 spiro atoms. The highest BCUT2D eigenvalue weighted by molar-refractivity contribution is 5.54. The van der Waals surface area contributed by atoms with Gasteiger partial charge in [-0.25, -0.2) is 9.67 Å². The van der Waals surface area contributed by atoms with Crippen molar-refractivity contribution in [3.8, 4) is 17.1 Å². The standard InChI is InChI=1S/C16H16N4O/c1-20-15(11-21-14-10-6-5-9-13(14)17)18-16(19-20)12-7-3-2-4-8-12/h2-10H,11,17H2,1H3. The van der Waals surface area contributed by atoms with Crippen LogP contribution in [-0.2, 0) is 13.7 Å². The predicted molar refractivity (Wildman–Crippen MR) is 81.6 cm³/mol. The second-order valence-electron chi connectivity index (χ2n) is 4.67. The van der Waals surface area contributed by atoms with E-state index in [0.29, 0.717) is 23.9 Å². The lowest BCUT2D eigenvalue weighted by Crippen LogP contribution is -2.05. The molecule has 0 unspecified atom stereocenters. The van der Waals surface area contributed by atoms with Crippen LogP contribution in [0.1, 0.15) is 5.82 Å². The highest BCUT2D eigenvalue weighted by atomic mass is 16.5. The van der Waals surface area contributed by atoms with Gasteiger partial charge in [-0.2, -0.15) is 5.10 Å². The molecule has 0 radical (unpaired) electrons. The number of nitrogen functional groups attached to an aromatic ring is 1. The number of nitrogens with zero attached hydrogens (tertiary/aromatic N) is 3. The third-order valence-corrected chi connectivity index (χ3v) is 3.16. The first-order valence-corrected chi connectivity index (χ1v) is 6.66. The number of para-hydroxylation sites is 2. The normalized spacial score (nSPS) is 10.5. The lowest BCUT2D eigenvalue weighted by molar-refractivity contribution is 0.291. The molecular weight excluding hydrogens is 264 g/mol. The largest absolute Gasteiger partial charge is 0.483 e. The number of rotatable bonds is 4. The van der Waals surface area contributed by atoms with E-state index in [2.05, 4.69) is 10.1 Å². The van der Waals surface area contributed by atoms with Crippen LogP contribution in [0.3, 0.4) is 0 Å². The molecule has 2 N–H and O–H groups in total. The minimum atomic E-state index is 0.324. The van der Waals surface area contributed by atoms with Gasteiger partial charge < -0.3 is 10.5 Å². The summed E-state index contributed by atoms with van der Waals surface area (Å²) >= 11 is 0. The molecule has 0 aliphatic carbocycles. The first-order valence-electron chi connectivity index (χ1n) is 6.66. The van der Waals surface area contributed by atoms with Crippen molar-refractivity contribution in [2.75, 3.05) is 5.73 Å². The number of benzene rings is 2. The van der Waals surface area contributed by atoms with Gasteiger partial charge in [0.05, 0.1) is 5.69 Å². The molecule has 0 saturated heterocycles. The summed E-state index contributed by atoms with van der Waals surface area (Å²) in [5, 5.41) is 4.41. The second kappa shape index (κ2) is 5.66. The van der Waals surface area contributed by atoms with Crippen LogP contribution in [0.15, 0.2) is 54.6 Å². The van der Waals surface area contributed by atoms with E-state index < -0.39 is 0 Å². The maximum Gasteiger partial charge on any atom is 0.181 e. The topological polar surface area (TPSA) is 66.0 Å². The molecule has 21 heavy (non-hydrogen) atoms. The van der Waals surface area contributed by atoms with Crippen molar-refractivity contribution in [3.05, 3.63) is 60.4 Å². The van der Waals surface area contributed by atoms with Gasteiger partial charge in [-0.1, -0.05) is 42.5 Å². The maximum atomic E-state index is 5.85. The Hall–Kier alpha value is -2.82. The molecule has 0 bridgehead atoms. The minimum absolute atomic E-state index is 0.324. The first-order chi connectivity index (χ1) is 10.2. The molecule has 0 saturated carbocycles. The Morgan fingerprint density at radius 3 is 2.52 bits per heavy atom. The summed E-state index contributed by atoms with van der Waals surface area (Å²) in [7, 11) is 1.85. The summed E-state index contributed by atoms with van der Waals surface area (Å²) in [5.41, 5.74) is 7.45. The third-order valence-electron chi connectivity index (χ3n) is 3.16. The van der Waals surface area contributed by atoms with Gasteiger partial charge in [0.25, 0.3) is 0 Å². The molecule has 3 rings (SSSR count). The van der Waals surface area contributed by atoms with Crippen molar-refractivity contribution in [2.45, 2.75) is 6.61 Å². The molecule has 0 aliphatic rings. The van der Waals surface area contributed by atoms with E-state index in [4.69, 9.17) is 10.5 Å². The summed E-state index contributed by atoms with van der Waals surface area (Å²) < 4.78 is 7.43. The summed E-state index contributed by atoms with van der Waals surface area (Å²) in [6, 6.07) is 17.3. The number of ether oxygens (including phenoxy) is 1. The summed E-state index contributed by atoms with van der Waals surface area (Å²) in [6.07, 6.45) is 0. The molecule has 0 amide bonds. The maximum absolute atomic E-state index is 5.85. The van der Waals surface area contributed by atoms with Gasteiger partial charge in [-0.3, -0.25) is 0 Å². The monoisotopic (exact) mass is 280 g/mol. The third kappa shape index (κ3) is 2.86. The summed E-state index contributed by atoms with van der Waals surface area (Å²) in [6.45, 7) is 0.324. The molecule has 0 atom stereocenters. The smallest absolute Gasteiger partial charge is 0.181 e. The van der Waals surface area contributed by atoms with Crippen LogP contribution in [0.5, 0.6) is 5.75 Å². The number of aryl methyl sites for hydroxylation is 1. The highest BCUT2D eigenvalue weighted by Gasteiger charge is 2.10. The molecule has 5 nitrogen and oxygen atoms in total. The first kappa shape index (κ1) is 13.2. The molecule has 0 fully saturated rings. The van der Waals surface area contributed by atoms with Crippen LogP contribution < -0.4 is 10.5 Å². The molecule has 3 aromatic rings. The van der Waals surface area contributed by atoms with Crippen LogP contribution in [0, 0.1) is 0 Å². The van der Waals surface area contributed by atoms with Crippen LogP contribution in [-0.4, -0.2) is 14.8 Å². The zero-order valence-corrected chi connectivity index (χ0v) is 11.7. The zero-order valence-electron chi connectivity index (χ0n) is 11.7. The Balaban J connectivity index is 1.78.